The number of fused-ring (bicyclic) bond motifs is 3. The van der Waals surface area contributed by atoms with Crippen molar-refractivity contribution in [2.45, 2.75) is 113 Å². The third-order valence-electron chi connectivity index (χ3n) is 11.4. The summed E-state index contributed by atoms with van der Waals surface area (Å²) >= 11 is 0. The number of piperidine rings is 2. The predicted molar refractivity (Wildman–Crippen MR) is 129 cm³/mol. The topological polar surface area (TPSA) is 117 Å². The van der Waals surface area contributed by atoms with Crippen LogP contribution in [0.1, 0.15) is 77.0 Å². The van der Waals surface area contributed by atoms with E-state index in [1.165, 1.54) is 19.3 Å². The lowest BCUT2D eigenvalue weighted by Crippen LogP contribution is -2.61. The number of alkyl halides is 3. The Morgan fingerprint density at radius 1 is 0.923 bits per heavy atom. The highest BCUT2D eigenvalue weighted by atomic mass is 19.4. The van der Waals surface area contributed by atoms with Crippen LogP contribution in [-0.2, 0) is 19.1 Å². The van der Waals surface area contributed by atoms with Crippen LogP contribution in [-0.4, -0.2) is 63.7 Å². The average molecular weight is 549 g/mol. The van der Waals surface area contributed by atoms with Gasteiger partial charge in [-0.3, -0.25) is 14.5 Å². The number of nitrogens with two attached hydrogens (primary N) is 1. The maximum atomic E-state index is 14.1. The van der Waals surface area contributed by atoms with Crippen LogP contribution in [0.15, 0.2) is 0 Å². The number of rotatable bonds is 4. The fraction of sp³-hybridized carbons (Fsp3) is 0.857. The Hall–Kier alpha value is -2.35. The Bertz CT molecular complexity index is 1100. The predicted octanol–water partition coefficient (Wildman–Crippen LogP) is 3.25. The normalized spacial score (nSPS) is 46.0. The molecule has 39 heavy (non-hydrogen) atoms. The number of esters is 1. The molecule has 2 amide bonds. The van der Waals surface area contributed by atoms with Gasteiger partial charge in [-0.2, -0.15) is 18.4 Å². The van der Waals surface area contributed by atoms with E-state index in [9.17, 15) is 32.8 Å². The monoisotopic (exact) mass is 548 g/mol. The van der Waals surface area contributed by atoms with Crippen LogP contribution in [0.3, 0.4) is 0 Å². The Morgan fingerprint density at radius 2 is 1.49 bits per heavy atom. The van der Waals surface area contributed by atoms with E-state index in [0.29, 0.717) is 36.5 Å². The zero-order chi connectivity index (χ0) is 27.5. The molecule has 0 aromatic rings. The molecule has 8 rings (SSSR count). The number of nitriles is 1. The van der Waals surface area contributed by atoms with Crippen molar-refractivity contribution in [3.63, 3.8) is 0 Å². The molecule has 212 valence electrons. The molecule has 0 spiro atoms. The van der Waals surface area contributed by atoms with Crippen molar-refractivity contribution in [3.8, 4) is 6.07 Å². The summed E-state index contributed by atoms with van der Waals surface area (Å²) in [6.07, 6.45) is 4.67. The number of hydrogen-bond acceptors (Lipinski definition) is 6. The standard InChI is InChI=1S/C28H35F3N4O4/c29-28(30,31)25(38)39-27-12-18(27)8-21(13-32)35(27)23(36)22(33)17-6-19-1-2-20(7-17)34(19)24(37)26-9-14-3-15(10-26)5-16(4-14)11-26/h14-22H,1-12,33H2/t14?,15?,16?,17?,18-,19?,20?,21+,22+,26?,27+/m1/s1. The minimum atomic E-state index is -5.20. The highest BCUT2D eigenvalue weighted by Crippen LogP contribution is 2.62. The van der Waals surface area contributed by atoms with Gasteiger partial charge < -0.3 is 15.4 Å². The largest absolute Gasteiger partial charge is 0.491 e. The molecule has 8 fully saturated rings. The van der Waals surface area contributed by atoms with Gasteiger partial charge in [0.15, 0.2) is 5.72 Å². The second-order valence-electron chi connectivity index (χ2n) is 13.8. The number of nitrogens with zero attached hydrogens (tertiary/aromatic N) is 3. The van der Waals surface area contributed by atoms with Crippen LogP contribution in [0, 0.1) is 46.3 Å². The Labute approximate surface area is 225 Å². The molecule has 8 nitrogen and oxygen atoms in total. The minimum Gasteiger partial charge on any atom is -0.432 e. The molecule has 8 aliphatic rings. The maximum absolute atomic E-state index is 14.1. The van der Waals surface area contributed by atoms with Crippen molar-refractivity contribution in [3.05, 3.63) is 0 Å². The van der Waals surface area contributed by atoms with Gasteiger partial charge in [0, 0.05) is 24.4 Å². The third kappa shape index (κ3) is 3.76. The molecule has 5 aliphatic carbocycles. The van der Waals surface area contributed by atoms with Gasteiger partial charge in [0.2, 0.25) is 11.8 Å². The van der Waals surface area contributed by atoms with Gasteiger partial charge in [-0.25, -0.2) is 4.79 Å². The van der Waals surface area contributed by atoms with E-state index in [-0.39, 0.29) is 36.3 Å². The fourth-order valence-corrected chi connectivity index (χ4v) is 10.2. The molecule has 6 atom stereocenters. The number of hydrogen-bond donors (Lipinski definition) is 1. The van der Waals surface area contributed by atoms with Gasteiger partial charge in [-0.05, 0) is 94.3 Å². The van der Waals surface area contributed by atoms with Gasteiger partial charge >= 0.3 is 12.1 Å². The molecule has 6 bridgehead atoms. The SMILES string of the molecule is N#C[C@@H]1C[C@@H]2C[C@@]2(OC(=O)C(F)(F)F)N1C(=O)[C@@H](N)C1CC2CCC(C1)N2C(=O)C12CC3CC(CC(C3)C1)C2. The Morgan fingerprint density at radius 3 is 2.00 bits per heavy atom. The number of amides is 2. The zero-order valence-corrected chi connectivity index (χ0v) is 21.9. The van der Waals surface area contributed by atoms with Crippen LogP contribution >= 0.6 is 0 Å². The summed E-state index contributed by atoms with van der Waals surface area (Å²) in [5.41, 5.74) is 4.53. The smallest absolute Gasteiger partial charge is 0.432 e. The summed E-state index contributed by atoms with van der Waals surface area (Å²) in [6.45, 7) is 0. The number of ether oxygens (including phenoxy) is 1. The second-order valence-corrected chi connectivity index (χ2v) is 13.8. The maximum Gasteiger partial charge on any atom is 0.491 e. The quantitative estimate of drug-likeness (QED) is 0.539. The first-order valence-corrected chi connectivity index (χ1v) is 14.6. The van der Waals surface area contributed by atoms with Gasteiger partial charge in [0.25, 0.3) is 0 Å². The van der Waals surface area contributed by atoms with Crippen LogP contribution in [0.5, 0.6) is 0 Å². The summed E-state index contributed by atoms with van der Waals surface area (Å²) in [5, 5.41) is 9.64. The molecule has 2 N–H and O–H groups in total. The van der Waals surface area contributed by atoms with Crippen LogP contribution in [0.2, 0.25) is 0 Å². The first-order chi connectivity index (χ1) is 18.4. The molecule has 3 saturated heterocycles. The first-order valence-electron chi connectivity index (χ1n) is 14.6. The Kier molecular flexibility index (Phi) is 5.47. The van der Waals surface area contributed by atoms with E-state index in [0.717, 1.165) is 37.0 Å². The summed E-state index contributed by atoms with van der Waals surface area (Å²) in [6, 6.07) is -0.0314. The van der Waals surface area contributed by atoms with Crippen molar-refractivity contribution in [2.24, 2.45) is 40.7 Å². The zero-order valence-electron chi connectivity index (χ0n) is 21.9. The molecule has 5 saturated carbocycles. The van der Waals surface area contributed by atoms with E-state index in [4.69, 9.17) is 10.5 Å². The highest BCUT2D eigenvalue weighted by Gasteiger charge is 2.72. The van der Waals surface area contributed by atoms with Crippen LogP contribution in [0.25, 0.3) is 0 Å². The van der Waals surface area contributed by atoms with Crippen molar-refractivity contribution in [1.82, 2.24) is 9.80 Å². The summed E-state index contributed by atoms with van der Waals surface area (Å²) in [7, 11) is 0. The van der Waals surface area contributed by atoms with Crippen molar-refractivity contribution in [1.29, 1.82) is 5.26 Å². The fourth-order valence-electron chi connectivity index (χ4n) is 10.2. The first kappa shape index (κ1) is 25.6. The number of carbonyl (C=O) groups excluding carboxylic acids is 3. The lowest BCUT2D eigenvalue weighted by atomic mass is 9.49. The lowest BCUT2D eigenvalue weighted by molar-refractivity contribution is -0.217. The van der Waals surface area contributed by atoms with Gasteiger partial charge in [0.05, 0.1) is 17.5 Å². The van der Waals surface area contributed by atoms with E-state index >= 15 is 0 Å². The van der Waals surface area contributed by atoms with E-state index in [1.54, 1.807) is 0 Å². The number of carbonyl (C=O) groups is 3. The van der Waals surface area contributed by atoms with Crippen molar-refractivity contribution >= 4 is 17.8 Å². The van der Waals surface area contributed by atoms with Crippen LogP contribution in [0.4, 0.5) is 13.2 Å². The molecule has 0 aromatic heterocycles. The third-order valence-corrected chi connectivity index (χ3v) is 11.4. The van der Waals surface area contributed by atoms with Gasteiger partial charge in [0.1, 0.15) is 6.04 Å². The summed E-state index contributed by atoms with van der Waals surface area (Å²) in [5.74, 6) is -1.45. The summed E-state index contributed by atoms with van der Waals surface area (Å²) in [4.78, 5) is 42.6. The molecule has 11 heteroatoms. The van der Waals surface area contributed by atoms with E-state index in [2.05, 4.69) is 4.90 Å². The van der Waals surface area contributed by atoms with Crippen molar-refractivity contribution in [2.75, 3.05) is 0 Å². The minimum absolute atomic E-state index is 0.00383. The molecule has 0 aromatic carbocycles. The molecule has 3 aliphatic heterocycles. The second kappa shape index (κ2) is 8.34. The lowest BCUT2D eigenvalue weighted by Gasteiger charge is -2.57. The number of likely N-dealkylation sites (tertiary alicyclic amines) is 1. The molecular formula is C28H35F3N4O4. The van der Waals surface area contributed by atoms with Crippen molar-refractivity contribution < 1.29 is 32.3 Å². The molecule has 0 radical (unpaired) electrons. The molecule has 3 heterocycles. The van der Waals surface area contributed by atoms with E-state index < -0.39 is 41.8 Å². The van der Waals surface area contributed by atoms with Gasteiger partial charge in [-0.15, -0.1) is 0 Å². The van der Waals surface area contributed by atoms with Crippen LogP contribution < -0.4 is 5.73 Å². The average Bonchev–Trinajstić information content (AvgIpc) is 3.36. The molecular weight excluding hydrogens is 513 g/mol. The van der Waals surface area contributed by atoms with E-state index in [1.807, 2.05) is 6.07 Å². The number of halogens is 3. The highest BCUT2D eigenvalue weighted by molar-refractivity contribution is 5.86. The van der Waals surface area contributed by atoms with Gasteiger partial charge in [-0.1, -0.05) is 0 Å². The summed E-state index contributed by atoms with van der Waals surface area (Å²) < 4.78 is 43.8. The molecule has 2 unspecified atom stereocenters. The Balaban J connectivity index is 1.06.